The largest absolute Gasteiger partial charge is 0.371 e. The fourth-order valence-electron chi connectivity index (χ4n) is 1.81. The van der Waals surface area contributed by atoms with E-state index in [4.69, 9.17) is 0 Å². The number of thiol groups is 1. The van der Waals surface area contributed by atoms with Gasteiger partial charge >= 0.3 is 0 Å². The highest BCUT2D eigenvalue weighted by atomic mass is 32.1. The Hall–Kier alpha value is -1.49. The number of rotatable bonds is 4. The van der Waals surface area contributed by atoms with Gasteiger partial charge in [0.1, 0.15) is 6.29 Å². The average molecular weight is 266 g/mol. The highest BCUT2D eigenvalue weighted by molar-refractivity contribution is 7.85. The van der Waals surface area contributed by atoms with Gasteiger partial charge in [0, 0.05) is 31.9 Å². The summed E-state index contributed by atoms with van der Waals surface area (Å²) in [5.74, 6) is -0.0742. The molecule has 1 fully saturated rings. The number of carbonyl (C=O) groups is 2. The summed E-state index contributed by atoms with van der Waals surface area (Å²) in [5, 5.41) is 0. The second-order valence-corrected chi connectivity index (χ2v) is 4.49. The van der Waals surface area contributed by atoms with Gasteiger partial charge in [-0.15, -0.1) is 12.6 Å². The van der Waals surface area contributed by atoms with Gasteiger partial charge in [-0.1, -0.05) is 12.7 Å². The molecule has 0 bridgehead atoms. The monoisotopic (exact) mass is 266 g/mol. The normalized spacial score (nSPS) is 17.7. The van der Waals surface area contributed by atoms with Gasteiger partial charge in [0.2, 0.25) is 0 Å². The van der Waals surface area contributed by atoms with Crippen molar-refractivity contribution >= 4 is 24.8 Å². The molecule has 0 unspecified atom stereocenters. The molecule has 0 radical (unpaired) electrons. The van der Waals surface area contributed by atoms with Crippen molar-refractivity contribution < 1.29 is 9.59 Å². The zero-order chi connectivity index (χ0) is 13.5. The van der Waals surface area contributed by atoms with Gasteiger partial charge in [-0.05, 0) is 19.1 Å². The van der Waals surface area contributed by atoms with Crippen molar-refractivity contribution in [2.75, 3.05) is 26.2 Å². The summed E-state index contributed by atoms with van der Waals surface area (Å²) in [5.41, 5.74) is 0.935. The van der Waals surface area contributed by atoms with Crippen LogP contribution >= 0.6 is 12.6 Å². The summed E-state index contributed by atoms with van der Waals surface area (Å²) in [6.07, 6.45) is 5.47. The molecule has 0 atom stereocenters. The fraction of sp³-hybridized carbons (Fsp3) is 0.385. The number of amides is 1. The summed E-state index contributed by atoms with van der Waals surface area (Å²) in [4.78, 5) is 26.6. The molecule has 5 heteroatoms. The summed E-state index contributed by atoms with van der Waals surface area (Å²) in [6, 6.07) is 0. The van der Waals surface area contributed by atoms with E-state index in [-0.39, 0.29) is 5.91 Å². The molecule has 0 spiro atoms. The summed E-state index contributed by atoms with van der Waals surface area (Å²) in [7, 11) is 0. The zero-order valence-electron chi connectivity index (χ0n) is 10.5. The maximum atomic E-state index is 11.9. The topological polar surface area (TPSA) is 40.6 Å². The van der Waals surface area contributed by atoms with Crippen LogP contribution in [0, 0.1) is 0 Å². The summed E-state index contributed by atoms with van der Waals surface area (Å²) >= 11 is 4.14. The van der Waals surface area contributed by atoms with Crippen molar-refractivity contribution in [1.29, 1.82) is 0 Å². The molecule has 1 rings (SSSR count). The van der Waals surface area contributed by atoms with E-state index in [1.807, 2.05) is 6.92 Å². The Balaban J connectivity index is 2.56. The van der Waals surface area contributed by atoms with Crippen molar-refractivity contribution in [2.45, 2.75) is 6.92 Å². The lowest BCUT2D eigenvalue weighted by molar-refractivity contribution is -0.127. The van der Waals surface area contributed by atoms with Crippen LogP contribution in [0.25, 0.3) is 0 Å². The van der Waals surface area contributed by atoms with Gasteiger partial charge < -0.3 is 9.80 Å². The minimum atomic E-state index is -0.0742. The lowest BCUT2D eigenvalue weighted by Gasteiger charge is -2.36. The Morgan fingerprint density at radius 1 is 1.17 bits per heavy atom. The minimum Gasteiger partial charge on any atom is -0.371 e. The number of hydrogen-bond acceptors (Lipinski definition) is 4. The summed E-state index contributed by atoms with van der Waals surface area (Å²) < 4.78 is 0. The standard InChI is InChI=1S/C13H18N2O2S/c1-3-4-12(18)13(17)15-8-6-14(7-9-15)11(2)5-10-16/h3-5,10,18H,1,6-9H2,2H3/b11-5+,12-4-. The van der Waals surface area contributed by atoms with Crippen LogP contribution in [-0.4, -0.2) is 48.2 Å². The van der Waals surface area contributed by atoms with E-state index < -0.39 is 0 Å². The Labute approximate surface area is 113 Å². The predicted molar refractivity (Wildman–Crippen MR) is 75.2 cm³/mol. The zero-order valence-corrected chi connectivity index (χ0v) is 11.4. The third kappa shape index (κ3) is 3.77. The third-order valence-corrected chi connectivity index (χ3v) is 3.21. The number of nitrogens with zero attached hydrogens (tertiary/aromatic N) is 2. The molecular weight excluding hydrogens is 248 g/mol. The maximum absolute atomic E-state index is 11.9. The first-order valence-corrected chi connectivity index (χ1v) is 6.23. The molecule has 0 saturated carbocycles. The van der Waals surface area contributed by atoms with Crippen LogP contribution in [0.5, 0.6) is 0 Å². The van der Waals surface area contributed by atoms with Crippen LogP contribution in [0.2, 0.25) is 0 Å². The molecule has 1 heterocycles. The van der Waals surface area contributed by atoms with Crippen LogP contribution in [0.15, 0.2) is 35.4 Å². The van der Waals surface area contributed by atoms with Gasteiger partial charge in [-0.25, -0.2) is 0 Å². The van der Waals surface area contributed by atoms with E-state index in [0.29, 0.717) is 18.0 Å². The lowest BCUT2D eigenvalue weighted by atomic mass is 10.2. The number of hydrogen-bond donors (Lipinski definition) is 1. The van der Waals surface area contributed by atoms with Crippen molar-refractivity contribution in [3.05, 3.63) is 35.4 Å². The first-order chi connectivity index (χ1) is 8.60. The molecule has 4 nitrogen and oxygen atoms in total. The van der Waals surface area contributed by atoms with Crippen molar-refractivity contribution in [3.8, 4) is 0 Å². The second-order valence-electron chi connectivity index (χ2n) is 4.01. The molecule has 0 aromatic rings. The van der Waals surface area contributed by atoms with E-state index >= 15 is 0 Å². The number of carbonyl (C=O) groups excluding carboxylic acids is 2. The molecule has 0 aliphatic carbocycles. The smallest absolute Gasteiger partial charge is 0.260 e. The Bertz CT molecular complexity index is 394. The second kappa shape index (κ2) is 7.06. The van der Waals surface area contributed by atoms with Crippen LogP contribution in [0.4, 0.5) is 0 Å². The van der Waals surface area contributed by atoms with Crippen LogP contribution in [0.1, 0.15) is 6.92 Å². The van der Waals surface area contributed by atoms with Crippen LogP contribution in [0.3, 0.4) is 0 Å². The average Bonchev–Trinajstić information content (AvgIpc) is 2.38. The van der Waals surface area contributed by atoms with Gasteiger partial charge in [0.25, 0.3) is 5.91 Å². The van der Waals surface area contributed by atoms with Gasteiger partial charge in [-0.3, -0.25) is 9.59 Å². The highest BCUT2D eigenvalue weighted by Gasteiger charge is 2.21. The fourth-order valence-corrected chi connectivity index (χ4v) is 2.06. The van der Waals surface area contributed by atoms with E-state index in [2.05, 4.69) is 24.1 Å². The first kappa shape index (κ1) is 14.6. The molecule has 1 saturated heterocycles. The molecule has 18 heavy (non-hydrogen) atoms. The van der Waals surface area contributed by atoms with E-state index in [9.17, 15) is 9.59 Å². The molecular formula is C13H18N2O2S. The molecule has 1 aliphatic rings. The van der Waals surface area contributed by atoms with E-state index in [1.54, 1.807) is 23.1 Å². The van der Waals surface area contributed by atoms with Crippen LogP contribution in [-0.2, 0) is 9.59 Å². The number of allylic oxidation sites excluding steroid dienone is 4. The molecule has 1 aliphatic heterocycles. The Kier molecular flexibility index (Phi) is 5.71. The quantitative estimate of drug-likeness (QED) is 0.360. The van der Waals surface area contributed by atoms with E-state index in [0.717, 1.165) is 25.1 Å². The van der Waals surface area contributed by atoms with Crippen molar-refractivity contribution in [1.82, 2.24) is 9.80 Å². The lowest BCUT2D eigenvalue weighted by Crippen LogP contribution is -2.48. The van der Waals surface area contributed by atoms with Gasteiger partial charge in [0.05, 0.1) is 4.91 Å². The van der Waals surface area contributed by atoms with Crippen LogP contribution < -0.4 is 0 Å². The predicted octanol–water partition coefficient (Wildman–Crippen LogP) is 1.23. The Morgan fingerprint density at radius 2 is 1.72 bits per heavy atom. The number of aldehydes is 1. The molecule has 1 amide bonds. The molecule has 98 valence electrons. The minimum absolute atomic E-state index is 0.0742. The number of piperazine rings is 1. The highest BCUT2D eigenvalue weighted by Crippen LogP contribution is 2.12. The molecule has 0 aromatic carbocycles. The SMILES string of the molecule is C=C/C=C(\S)C(=O)N1CCN(/C(C)=C/C=O)CC1. The molecule has 0 aromatic heterocycles. The molecule has 0 N–H and O–H groups in total. The first-order valence-electron chi connectivity index (χ1n) is 5.78. The summed E-state index contributed by atoms with van der Waals surface area (Å²) in [6.45, 7) is 8.18. The van der Waals surface area contributed by atoms with Crippen molar-refractivity contribution in [3.63, 3.8) is 0 Å². The maximum Gasteiger partial charge on any atom is 0.260 e. The van der Waals surface area contributed by atoms with Crippen molar-refractivity contribution in [2.24, 2.45) is 0 Å². The Morgan fingerprint density at radius 3 is 2.22 bits per heavy atom. The van der Waals surface area contributed by atoms with Gasteiger partial charge in [-0.2, -0.15) is 0 Å². The van der Waals surface area contributed by atoms with E-state index in [1.165, 1.54) is 0 Å². The van der Waals surface area contributed by atoms with Gasteiger partial charge in [0.15, 0.2) is 0 Å². The third-order valence-electron chi connectivity index (χ3n) is 2.87.